The van der Waals surface area contributed by atoms with E-state index in [1.54, 1.807) is 11.3 Å². The zero-order valence-electron chi connectivity index (χ0n) is 11.3. The highest BCUT2D eigenvalue weighted by Gasteiger charge is 2.20. The number of aromatic nitrogens is 1. The number of esters is 1. The Hall–Kier alpha value is -1.72. The molecule has 1 aliphatic rings. The van der Waals surface area contributed by atoms with E-state index in [-0.39, 0.29) is 0 Å². The van der Waals surface area contributed by atoms with Gasteiger partial charge in [0.2, 0.25) is 0 Å². The maximum Gasteiger partial charge on any atom is 0.337 e. The number of carbonyl (C=O) groups is 1. The fourth-order valence-corrected chi connectivity index (χ4v) is 3.37. The zero-order chi connectivity index (χ0) is 14.1. The lowest BCUT2D eigenvalue weighted by atomic mass is 10.0. The Morgan fingerprint density at radius 2 is 2.40 bits per heavy atom. The predicted octanol–water partition coefficient (Wildman–Crippen LogP) is 2.39. The van der Waals surface area contributed by atoms with Crippen molar-refractivity contribution in [3.8, 4) is 0 Å². The Morgan fingerprint density at radius 3 is 3.05 bits per heavy atom. The van der Waals surface area contributed by atoms with E-state index in [9.17, 15) is 4.79 Å². The molecule has 0 amide bonds. The van der Waals surface area contributed by atoms with E-state index in [0.717, 1.165) is 33.8 Å². The van der Waals surface area contributed by atoms with Crippen LogP contribution in [0.3, 0.4) is 0 Å². The summed E-state index contributed by atoms with van der Waals surface area (Å²) in [5.41, 5.74) is 1.97. The Morgan fingerprint density at radius 1 is 1.60 bits per heavy atom. The number of rotatable bonds is 4. The van der Waals surface area contributed by atoms with Crippen LogP contribution in [-0.2, 0) is 16.0 Å². The number of carbonyl (C=O) groups excluding carboxylic acids is 1. The summed E-state index contributed by atoms with van der Waals surface area (Å²) in [6, 6.07) is 6.36. The highest BCUT2D eigenvalue weighted by atomic mass is 32.1. The van der Waals surface area contributed by atoms with Crippen LogP contribution in [0, 0.1) is 0 Å². The van der Waals surface area contributed by atoms with Gasteiger partial charge < -0.3 is 10.1 Å². The van der Waals surface area contributed by atoms with Gasteiger partial charge in [0, 0.05) is 18.0 Å². The van der Waals surface area contributed by atoms with Gasteiger partial charge in [-0.25, -0.2) is 9.78 Å². The summed E-state index contributed by atoms with van der Waals surface area (Å²) in [7, 11) is 1.36. The van der Waals surface area contributed by atoms with Gasteiger partial charge in [0.05, 0.1) is 27.9 Å². The van der Waals surface area contributed by atoms with Crippen molar-refractivity contribution in [3.63, 3.8) is 0 Å². The van der Waals surface area contributed by atoms with Gasteiger partial charge in [0.25, 0.3) is 0 Å². The normalized spacial score (nSPS) is 17.8. The highest BCUT2D eigenvalue weighted by molar-refractivity contribution is 7.18. The Kier molecular flexibility index (Phi) is 3.54. The molecule has 0 radical (unpaired) electrons. The van der Waals surface area contributed by atoms with E-state index < -0.39 is 5.97 Å². The quantitative estimate of drug-likeness (QED) is 0.693. The lowest BCUT2D eigenvalue weighted by Gasteiger charge is -2.26. The number of hydrogen-bond donors (Lipinski definition) is 1. The minimum atomic E-state index is -0.410. The Labute approximate surface area is 121 Å². The molecule has 20 heavy (non-hydrogen) atoms. The molecule has 2 heterocycles. The standard InChI is InChI=1S/C15H16N2O2S/c1-9(15(18)19-2)11-4-3-5-12-14(11)17-13(20-12)8-10-6-7-16-10/h3-5,10,16H,1,6-8H2,2H3. The first-order valence-electron chi connectivity index (χ1n) is 6.58. The van der Waals surface area contributed by atoms with Crippen molar-refractivity contribution in [1.82, 2.24) is 10.3 Å². The van der Waals surface area contributed by atoms with E-state index in [1.807, 2.05) is 18.2 Å². The molecule has 5 heteroatoms. The van der Waals surface area contributed by atoms with Gasteiger partial charge in [-0.2, -0.15) is 0 Å². The third-order valence-electron chi connectivity index (χ3n) is 3.57. The first-order valence-corrected chi connectivity index (χ1v) is 7.40. The molecular formula is C15H16N2O2S. The van der Waals surface area contributed by atoms with Gasteiger partial charge in [-0.3, -0.25) is 0 Å². The van der Waals surface area contributed by atoms with Crippen molar-refractivity contribution in [2.75, 3.05) is 13.7 Å². The predicted molar refractivity (Wildman–Crippen MR) is 80.8 cm³/mol. The molecule has 2 aromatic rings. The van der Waals surface area contributed by atoms with Crippen molar-refractivity contribution in [3.05, 3.63) is 35.3 Å². The minimum absolute atomic E-state index is 0.358. The van der Waals surface area contributed by atoms with Crippen LogP contribution in [0.5, 0.6) is 0 Å². The molecule has 1 aromatic heterocycles. The molecule has 0 saturated carbocycles. The molecule has 1 aliphatic heterocycles. The van der Waals surface area contributed by atoms with Gasteiger partial charge >= 0.3 is 5.97 Å². The van der Waals surface area contributed by atoms with Gasteiger partial charge in [-0.05, 0) is 19.0 Å². The van der Waals surface area contributed by atoms with E-state index in [4.69, 9.17) is 4.74 Å². The first-order chi connectivity index (χ1) is 9.69. The maximum atomic E-state index is 11.6. The lowest BCUT2D eigenvalue weighted by Crippen LogP contribution is -2.44. The largest absolute Gasteiger partial charge is 0.465 e. The Bertz CT molecular complexity index is 674. The van der Waals surface area contributed by atoms with Crippen molar-refractivity contribution >= 4 is 33.1 Å². The summed E-state index contributed by atoms with van der Waals surface area (Å²) in [5.74, 6) is -0.410. The molecule has 1 saturated heterocycles. The average Bonchev–Trinajstić information content (AvgIpc) is 2.83. The van der Waals surface area contributed by atoms with Crippen LogP contribution in [0.4, 0.5) is 0 Å². The number of para-hydroxylation sites is 1. The summed E-state index contributed by atoms with van der Waals surface area (Å²) in [4.78, 5) is 16.3. The van der Waals surface area contributed by atoms with Gasteiger partial charge in [-0.1, -0.05) is 18.7 Å². The number of methoxy groups -OCH3 is 1. The second kappa shape index (κ2) is 5.34. The average molecular weight is 288 g/mol. The first kappa shape index (κ1) is 13.3. The smallest absolute Gasteiger partial charge is 0.337 e. The minimum Gasteiger partial charge on any atom is -0.465 e. The van der Waals surface area contributed by atoms with Crippen LogP contribution in [0.1, 0.15) is 17.0 Å². The summed E-state index contributed by atoms with van der Waals surface area (Å²) in [6.07, 6.45) is 2.15. The van der Waals surface area contributed by atoms with E-state index in [0.29, 0.717) is 11.6 Å². The number of thiazole rings is 1. The van der Waals surface area contributed by atoms with Gasteiger partial charge in [-0.15, -0.1) is 11.3 Å². The molecule has 0 bridgehead atoms. The maximum absolute atomic E-state index is 11.6. The molecule has 0 spiro atoms. The number of ether oxygens (including phenoxy) is 1. The third-order valence-corrected chi connectivity index (χ3v) is 4.61. The third kappa shape index (κ3) is 2.34. The van der Waals surface area contributed by atoms with Crippen LogP contribution in [-0.4, -0.2) is 30.6 Å². The molecule has 4 nitrogen and oxygen atoms in total. The van der Waals surface area contributed by atoms with E-state index >= 15 is 0 Å². The lowest BCUT2D eigenvalue weighted by molar-refractivity contribution is -0.133. The summed E-state index contributed by atoms with van der Waals surface area (Å²) in [6.45, 7) is 4.92. The number of nitrogens with zero attached hydrogens (tertiary/aromatic N) is 1. The summed E-state index contributed by atoms with van der Waals surface area (Å²) in [5, 5.41) is 4.48. The van der Waals surface area contributed by atoms with Crippen LogP contribution in [0.25, 0.3) is 15.8 Å². The molecular weight excluding hydrogens is 272 g/mol. The number of fused-ring (bicyclic) bond motifs is 1. The van der Waals surface area contributed by atoms with Crippen LogP contribution in [0.15, 0.2) is 24.8 Å². The molecule has 1 N–H and O–H groups in total. The van der Waals surface area contributed by atoms with Crippen molar-refractivity contribution in [2.24, 2.45) is 0 Å². The number of hydrogen-bond acceptors (Lipinski definition) is 5. The molecule has 3 rings (SSSR count). The molecule has 0 aliphatic carbocycles. The second-order valence-corrected chi connectivity index (χ2v) is 5.99. The number of nitrogens with one attached hydrogen (secondary N) is 1. The topological polar surface area (TPSA) is 51.2 Å². The fraction of sp³-hybridized carbons (Fsp3) is 0.333. The van der Waals surface area contributed by atoms with Crippen LogP contribution < -0.4 is 5.32 Å². The zero-order valence-corrected chi connectivity index (χ0v) is 12.1. The van der Waals surface area contributed by atoms with Crippen molar-refractivity contribution in [1.29, 1.82) is 0 Å². The number of benzene rings is 1. The molecule has 1 unspecified atom stereocenters. The second-order valence-electron chi connectivity index (χ2n) is 4.87. The van der Waals surface area contributed by atoms with Gasteiger partial charge in [0.1, 0.15) is 0 Å². The SMILES string of the molecule is C=C(C(=O)OC)c1cccc2sc(CC3CCN3)nc12. The fourth-order valence-electron chi connectivity index (χ4n) is 2.29. The van der Waals surface area contributed by atoms with Crippen molar-refractivity contribution < 1.29 is 9.53 Å². The summed E-state index contributed by atoms with van der Waals surface area (Å²) < 4.78 is 5.83. The van der Waals surface area contributed by atoms with Crippen molar-refractivity contribution in [2.45, 2.75) is 18.9 Å². The van der Waals surface area contributed by atoms with E-state index in [1.165, 1.54) is 13.5 Å². The van der Waals surface area contributed by atoms with Gasteiger partial charge in [0.15, 0.2) is 0 Å². The molecule has 104 valence electrons. The molecule has 1 atom stereocenters. The van der Waals surface area contributed by atoms with E-state index in [2.05, 4.69) is 16.9 Å². The monoisotopic (exact) mass is 288 g/mol. The van der Waals surface area contributed by atoms with Crippen LogP contribution >= 0.6 is 11.3 Å². The highest BCUT2D eigenvalue weighted by Crippen LogP contribution is 2.30. The van der Waals surface area contributed by atoms with Crippen LogP contribution in [0.2, 0.25) is 0 Å². The molecule has 1 aromatic carbocycles. The molecule has 1 fully saturated rings. The summed E-state index contributed by atoms with van der Waals surface area (Å²) >= 11 is 1.68. The Balaban J connectivity index is 1.96.